The van der Waals surface area contributed by atoms with Crippen molar-refractivity contribution in [2.24, 2.45) is 7.05 Å². The van der Waals surface area contributed by atoms with E-state index in [4.69, 9.17) is 5.11 Å². The summed E-state index contributed by atoms with van der Waals surface area (Å²) in [4.78, 5) is 14.6. The highest BCUT2D eigenvalue weighted by Crippen LogP contribution is 2.25. The van der Waals surface area contributed by atoms with Gasteiger partial charge in [0.1, 0.15) is 11.6 Å². The van der Waals surface area contributed by atoms with Gasteiger partial charge in [0.25, 0.3) is 0 Å². The first-order chi connectivity index (χ1) is 9.38. The van der Waals surface area contributed by atoms with Crippen LogP contribution in [0.25, 0.3) is 11.4 Å². The van der Waals surface area contributed by atoms with E-state index in [1.807, 2.05) is 0 Å². The minimum atomic E-state index is -0.983. The van der Waals surface area contributed by atoms with Crippen LogP contribution in [0.4, 0.5) is 8.78 Å². The normalized spacial score (nSPS) is 10.8. The summed E-state index contributed by atoms with van der Waals surface area (Å²) in [5.74, 6) is -2.45. The minimum Gasteiger partial charge on any atom is -0.481 e. The van der Waals surface area contributed by atoms with Crippen molar-refractivity contribution in [3.05, 3.63) is 29.3 Å². The highest BCUT2D eigenvalue weighted by atomic mass is 32.2. The fraction of sp³-hybridized carbons (Fsp3) is 0.250. The van der Waals surface area contributed by atoms with E-state index < -0.39 is 17.6 Å². The van der Waals surface area contributed by atoms with Gasteiger partial charge in [-0.15, -0.1) is 0 Å². The molecule has 2 rings (SSSR count). The molecule has 0 aliphatic heterocycles. The van der Waals surface area contributed by atoms with Gasteiger partial charge >= 0.3 is 5.97 Å². The lowest BCUT2D eigenvalue weighted by Gasteiger charge is -2.01. The predicted octanol–water partition coefficient (Wildman–Crippen LogP) is 2.25. The Bertz CT molecular complexity index is 673. The van der Waals surface area contributed by atoms with Crippen molar-refractivity contribution in [2.75, 3.05) is 5.75 Å². The highest BCUT2D eigenvalue weighted by molar-refractivity contribution is 7.99. The molecule has 1 heterocycles. The quantitative estimate of drug-likeness (QED) is 0.877. The number of hydrogen-bond acceptors (Lipinski definition) is 4. The van der Waals surface area contributed by atoms with Crippen LogP contribution in [0.5, 0.6) is 0 Å². The molecule has 0 saturated heterocycles. The summed E-state index contributed by atoms with van der Waals surface area (Å²) in [6.45, 7) is 1.52. The summed E-state index contributed by atoms with van der Waals surface area (Å²) in [5, 5.41) is 13.0. The summed E-state index contributed by atoms with van der Waals surface area (Å²) in [5.41, 5.74) is 0.371. The Morgan fingerprint density at radius 3 is 2.75 bits per heavy atom. The van der Waals surface area contributed by atoms with E-state index in [0.29, 0.717) is 5.16 Å². The number of halogens is 2. The second-order valence-electron chi connectivity index (χ2n) is 4.11. The predicted molar refractivity (Wildman–Crippen MR) is 69.5 cm³/mol. The van der Waals surface area contributed by atoms with Crippen molar-refractivity contribution in [1.29, 1.82) is 0 Å². The second kappa shape index (κ2) is 5.58. The summed E-state index contributed by atoms with van der Waals surface area (Å²) in [6, 6.07) is 2.11. The number of benzene rings is 1. The molecule has 0 amide bonds. The molecule has 0 unspecified atom stereocenters. The number of aryl methyl sites for hydroxylation is 2. The molecular weight excluding hydrogens is 288 g/mol. The van der Waals surface area contributed by atoms with Gasteiger partial charge < -0.3 is 5.11 Å². The Kier molecular flexibility index (Phi) is 4.03. The van der Waals surface area contributed by atoms with Crippen LogP contribution in [0, 0.1) is 18.6 Å². The Hall–Kier alpha value is -1.96. The monoisotopic (exact) mass is 299 g/mol. The zero-order valence-electron chi connectivity index (χ0n) is 10.7. The van der Waals surface area contributed by atoms with Gasteiger partial charge in [0.05, 0.1) is 11.3 Å². The van der Waals surface area contributed by atoms with Gasteiger partial charge in [-0.05, 0) is 18.6 Å². The molecule has 0 spiro atoms. The molecule has 0 aliphatic rings. The second-order valence-corrected chi connectivity index (χ2v) is 5.05. The van der Waals surface area contributed by atoms with E-state index in [-0.39, 0.29) is 22.7 Å². The Morgan fingerprint density at radius 2 is 2.10 bits per heavy atom. The number of carboxylic acids is 1. The van der Waals surface area contributed by atoms with Crippen LogP contribution >= 0.6 is 11.8 Å². The fourth-order valence-corrected chi connectivity index (χ4v) is 2.20. The molecule has 1 aromatic heterocycles. The van der Waals surface area contributed by atoms with Crippen molar-refractivity contribution in [1.82, 2.24) is 14.8 Å². The molecule has 0 atom stereocenters. The first-order valence-corrected chi connectivity index (χ1v) is 6.58. The van der Waals surface area contributed by atoms with Crippen molar-refractivity contribution >= 4 is 17.7 Å². The summed E-state index contributed by atoms with van der Waals surface area (Å²) >= 11 is 0.977. The van der Waals surface area contributed by atoms with Crippen LogP contribution < -0.4 is 0 Å². The van der Waals surface area contributed by atoms with Crippen molar-refractivity contribution in [2.45, 2.75) is 12.1 Å². The molecule has 2 aromatic rings. The molecule has 20 heavy (non-hydrogen) atoms. The lowest BCUT2D eigenvalue weighted by molar-refractivity contribution is -0.133. The highest BCUT2D eigenvalue weighted by Gasteiger charge is 2.16. The number of nitrogens with zero attached hydrogens (tertiary/aromatic N) is 3. The number of carbonyl (C=O) groups is 1. The third-order valence-electron chi connectivity index (χ3n) is 2.54. The van der Waals surface area contributed by atoms with E-state index in [9.17, 15) is 13.6 Å². The molecule has 1 N–H and O–H groups in total. The van der Waals surface area contributed by atoms with Gasteiger partial charge in [-0.3, -0.25) is 4.79 Å². The average molecular weight is 299 g/mol. The largest absolute Gasteiger partial charge is 0.481 e. The molecule has 0 bridgehead atoms. The molecule has 0 fully saturated rings. The average Bonchev–Trinajstić information content (AvgIpc) is 2.72. The van der Waals surface area contributed by atoms with Crippen LogP contribution in [0.15, 0.2) is 17.3 Å². The van der Waals surface area contributed by atoms with Crippen LogP contribution in [-0.2, 0) is 11.8 Å². The smallest absolute Gasteiger partial charge is 0.313 e. The van der Waals surface area contributed by atoms with Gasteiger partial charge in [0.15, 0.2) is 11.0 Å². The number of thioether (sulfide) groups is 1. The lowest BCUT2D eigenvalue weighted by atomic mass is 10.1. The van der Waals surface area contributed by atoms with Gasteiger partial charge in [-0.2, -0.15) is 5.10 Å². The molecule has 0 saturated carbocycles. The van der Waals surface area contributed by atoms with Gasteiger partial charge in [-0.1, -0.05) is 11.8 Å². The first kappa shape index (κ1) is 14.4. The van der Waals surface area contributed by atoms with Crippen LogP contribution in [0.3, 0.4) is 0 Å². The molecular formula is C12H11F2N3O2S. The fourth-order valence-electron chi connectivity index (χ4n) is 1.56. The van der Waals surface area contributed by atoms with E-state index in [2.05, 4.69) is 10.1 Å². The first-order valence-electron chi connectivity index (χ1n) is 5.60. The van der Waals surface area contributed by atoms with Crippen molar-refractivity contribution < 1.29 is 18.7 Å². The number of hydrogen-bond donors (Lipinski definition) is 1. The molecule has 1 aromatic carbocycles. The Morgan fingerprint density at radius 1 is 1.40 bits per heavy atom. The Labute approximate surface area is 117 Å². The van der Waals surface area contributed by atoms with E-state index in [1.54, 1.807) is 7.05 Å². The van der Waals surface area contributed by atoms with Gasteiger partial charge in [0.2, 0.25) is 0 Å². The molecule has 5 nitrogen and oxygen atoms in total. The maximum absolute atomic E-state index is 13.7. The minimum absolute atomic E-state index is 0.0849. The zero-order valence-corrected chi connectivity index (χ0v) is 11.5. The van der Waals surface area contributed by atoms with E-state index >= 15 is 0 Å². The Balaban J connectivity index is 2.37. The van der Waals surface area contributed by atoms with E-state index in [0.717, 1.165) is 17.8 Å². The van der Waals surface area contributed by atoms with Crippen LogP contribution in [0.2, 0.25) is 0 Å². The number of aromatic nitrogens is 3. The number of carboxylic acid groups (broad SMARTS) is 1. The third kappa shape index (κ3) is 2.96. The van der Waals surface area contributed by atoms with Crippen molar-refractivity contribution in [3.8, 4) is 11.4 Å². The van der Waals surface area contributed by atoms with E-state index in [1.165, 1.54) is 17.7 Å². The third-order valence-corrected chi connectivity index (χ3v) is 3.54. The van der Waals surface area contributed by atoms with Gasteiger partial charge in [-0.25, -0.2) is 18.4 Å². The number of aliphatic carboxylic acids is 1. The summed E-state index contributed by atoms with van der Waals surface area (Å²) in [6.07, 6.45) is 0. The standard InChI is InChI=1S/C12H11F2N3O2S/c1-6-3-7(9(14)4-8(6)13)11-15-12(17(2)16-11)20-5-10(18)19/h3-4H,5H2,1-2H3,(H,18,19). The maximum Gasteiger partial charge on any atom is 0.313 e. The topological polar surface area (TPSA) is 68.0 Å². The lowest BCUT2D eigenvalue weighted by Crippen LogP contribution is -2.00. The zero-order chi connectivity index (χ0) is 14.9. The SMILES string of the molecule is Cc1cc(-c2nc(SCC(=O)O)n(C)n2)c(F)cc1F. The van der Waals surface area contributed by atoms with Gasteiger partial charge in [0, 0.05) is 13.1 Å². The maximum atomic E-state index is 13.7. The molecule has 0 aliphatic carbocycles. The van der Waals surface area contributed by atoms with Crippen molar-refractivity contribution in [3.63, 3.8) is 0 Å². The van der Waals surface area contributed by atoms with Crippen LogP contribution in [0.1, 0.15) is 5.56 Å². The summed E-state index contributed by atoms with van der Waals surface area (Å²) in [7, 11) is 1.58. The molecule has 8 heteroatoms. The van der Waals surface area contributed by atoms with Crippen LogP contribution in [-0.4, -0.2) is 31.6 Å². The summed E-state index contributed by atoms with van der Waals surface area (Å²) < 4.78 is 28.3. The number of rotatable bonds is 4. The molecule has 106 valence electrons. The molecule has 0 radical (unpaired) electrons.